The molecule has 8 rings (SSSR count). The fraction of sp³-hybridized carbons (Fsp3) is 0.558. The fourth-order valence-corrected chi connectivity index (χ4v) is 10.9. The van der Waals surface area contributed by atoms with Crippen molar-refractivity contribution in [3.05, 3.63) is 76.9 Å². The highest BCUT2D eigenvalue weighted by Gasteiger charge is 2.40. The zero-order valence-electron chi connectivity index (χ0n) is 41.3. The molecule has 0 bridgehead atoms. The number of unbranched alkanes of at least 4 members (excludes halogenated alkanes) is 1. The molecule has 5 heterocycles. The molecule has 4 aliphatic rings. The lowest BCUT2D eigenvalue weighted by atomic mass is 10.0. The molecule has 3 aromatic carbocycles. The number of methoxy groups -OCH3 is 2. The van der Waals surface area contributed by atoms with Gasteiger partial charge in [-0.3, -0.25) is 9.59 Å². The van der Waals surface area contributed by atoms with Crippen molar-refractivity contribution in [2.24, 2.45) is 11.8 Å². The number of H-pyrrole nitrogens is 1. The number of amides is 4. The Morgan fingerprint density at radius 1 is 0.768 bits per heavy atom. The third-order valence-corrected chi connectivity index (χ3v) is 14.5. The third-order valence-electron chi connectivity index (χ3n) is 14.5. The summed E-state index contributed by atoms with van der Waals surface area (Å²) in [6, 6.07) is 15.1. The fourth-order valence-electron chi connectivity index (χ4n) is 10.9. The number of nitrogens with one attached hydrogen (secondary N) is 6. The number of aryl methyl sites for hydroxylation is 1. The number of benzene rings is 3. The number of rotatable bonds is 16. The Morgan fingerprint density at radius 3 is 2.12 bits per heavy atom. The lowest BCUT2D eigenvalue weighted by Crippen LogP contribution is -2.51. The molecule has 4 aromatic rings. The highest BCUT2D eigenvalue weighted by Crippen LogP contribution is 2.50. The summed E-state index contributed by atoms with van der Waals surface area (Å²) in [5.41, 5.74) is 8.45. The molecular formula is C52H71FN10O6. The van der Waals surface area contributed by atoms with E-state index in [0.29, 0.717) is 18.8 Å². The average molecular weight is 951 g/mol. The molecule has 17 heteroatoms. The number of fused-ring (bicyclic) bond motifs is 2. The number of alkyl carbamates (subject to hydrolysis) is 2. The molecule has 2 unspecified atom stereocenters. The van der Waals surface area contributed by atoms with Crippen molar-refractivity contribution >= 4 is 57.8 Å². The summed E-state index contributed by atoms with van der Waals surface area (Å²) in [4.78, 5) is 65.7. The second-order valence-electron chi connectivity index (χ2n) is 19.9. The minimum Gasteiger partial charge on any atom is -0.453 e. The molecule has 3 saturated heterocycles. The van der Waals surface area contributed by atoms with E-state index in [9.17, 15) is 19.2 Å². The number of carbonyl (C=O) groups excluding carboxylic acids is 4. The van der Waals surface area contributed by atoms with Gasteiger partial charge in [-0.2, -0.15) is 0 Å². The molecule has 4 aliphatic heterocycles. The van der Waals surface area contributed by atoms with Gasteiger partial charge < -0.3 is 55.7 Å². The summed E-state index contributed by atoms with van der Waals surface area (Å²) in [5, 5.41) is 15.6. The van der Waals surface area contributed by atoms with Crippen LogP contribution in [-0.4, -0.2) is 97.5 Å². The summed E-state index contributed by atoms with van der Waals surface area (Å²) in [6.45, 7) is 12.4. The summed E-state index contributed by atoms with van der Waals surface area (Å²) in [7, 11) is 2.58. The summed E-state index contributed by atoms with van der Waals surface area (Å²) in [5.74, 6) is -0.0784. The number of hydrogen-bond donors (Lipinski definition) is 6. The first-order chi connectivity index (χ1) is 33.2. The number of piperidine rings is 1. The lowest BCUT2D eigenvalue weighted by molar-refractivity contribution is -0.135. The molecule has 372 valence electrons. The molecule has 6 N–H and O–H groups in total. The summed E-state index contributed by atoms with van der Waals surface area (Å²) < 4.78 is 26.1. The van der Waals surface area contributed by atoms with Gasteiger partial charge in [0.25, 0.3) is 0 Å². The number of anilines is 4. The van der Waals surface area contributed by atoms with Crippen LogP contribution in [0.15, 0.2) is 48.5 Å². The number of imidazole rings is 1. The molecular weight excluding hydrogens is 880 g/mol. The predicted molar refractivity (Wildman–Crippen MR) is 267 cm³/mol. The minimum absolute atomic E-state index is 0.0236. The van der Waals surface area contributed by atoms with E-state index in [1.165, 1.54) is 20.6 Å². The largest absolute Gasteiger partial charge is 0.453 e. The Balaban J connectivity index is 1.01. The van der Waals surface area contributed by atoms with Gasteiger partial charge >= 0.3 is 12.2 Å². The molecule has 3 fully saturated rings. The van der Waals surface area contributed by atoms with E-state index in [-0.39, 0.29) is 53.8 Å². The van der Waals surface area contributed by atoms with Gasteiger partial charge in [0.1, 0.15) is 23.7 Å². The Bertz CT molecular complexity index is 2470. The Hall–Kier alpha value is -6.26. The van der Waals surface area contributed by atoms with Crippen molar-refractivity contribution in [1.82, 2.24) is 30.8 Å². The van der Waals surface area contributed by atoms with Gasteiger partial charge in [-0.15, -0.1) is 0 Å². The van der Waals surface area contributed by atoms with Gasteiger partial charge in [-0.05, 0) is 136 Å². The van der Waals surface area contributed by atoms with Crippen LogP contribution in [-0.2, 0) is 19.1 Å². The van der Waals surface area contributed by atoms with E-state index in [1.807, 2.05) is 45.6 Å². The van der Waals surface area contributed by atoms with E-state index >= 15 is 4.39 Å². The second-order valence-corrected chi connectivity index (χ2v) is 19.9. The smallest absolute Gasteiger partial charge is 0.407 e. The number of aromatic amines is 1. The monoisotopic (exact) mass is 951 g/mol. The van der Waals surface area contributed by atoms with Crippen molar-refractivity contribution in [1.29, 1.82) is 0 Å². The number of nitrogens with zero attached hydrogens (tertiary/aromatic N) is 4. The molecule has 0 radical (unpaired) electrons. The van der Waals surface area contributed by atoms with Gasteiger partial charge in [-0.25, -0.2) is 19.0 Å². The number of hydrogen-bond acceptors (Lipinski definition) is 11. The SMILES string of the molecule is COC(=O)NC(C(=O)NCCCCC1Nc2ccc([C@H]3CC[C@H](c4ccc5nc([C@@H]6CCCN6C(=O)[C@@H](NC(=O)OC)C(C)C)[nH]c5c4)N3c3cc(C)c(N4CCCCC4)c(F)c3)cc2N1)C(C)C. The van der Waals surface area contributed by atoms with Crippen molar-refractivity contribution in [2.45, 2.75) is 135 Å². The number of halogens is 1. The van der Waals surface area contributed by atoms with E-state index in [2.05, 4.69) is 77.8 Å². The van der Waals surface area contributed by atoms with E-state index < -0.39 is 24.3 Å². The maximum atomic E-state index is 16.6. The lowest BCUT2D eigenvalue weighted by Gasteiger charge is -2.35. The Morgan fingerprint density at radius 2 is 1.43 bits per heavy atom. The number of ether oxygens (including phenoxy) is 2. The highest BCUT2D eigenvalue weighted by molar-refractivity contribution is 5.87. The van der Waals surface area contributed by atoms with Crippen molar-refractivity contribution in [3.63, 3.8) is 0 Å². The zero-order chi connectivity index (χ0) is 48.9. The van der Waals surface area contributed by atoms with Crippen LogP contribution in [0.3, 0.4) is 0 Å². The van der Waals surface area contributed by atoms with Crippen molar-refractivity contribution in [3.8, 4) is 0 Å². The molecule has 4 amide bonds. The van der Waals surface area contributed by atoms with E-state index in [4.69, 9.17) is 14.5 Å². The second kappa shape index (κ2) is 21.6. The summed E-state index contributed by atoms with van der Waals surface area (Å²) >= 11 is 0. The first-order valence-electron chi connectivity index (χ1n) is 25.0. The molecule has 16 nitrogen and oxygen atoms in total. The first kappa shape index (κ1) is 49.2. The van der Waals surface area contributed by atoms with Crippen molar-refractivity contribution in [2.75, 3.05) is 60.8 Å². The number of aromatic nitrogens is 2. The van der Waals surface area contributed by atoms with Gasteiger partial charge in [0, 0.05) is 31.9 Å². The van der Waals surface area contributed by atoms with E-state index in [1.54, 1.807) is 6.07 Å². The zero-order valence-corrected chi connectivity index (χ0v) is 41.3. The standard InChI is InChI=1S/C52H71FN10O6/c1-30(2)45(59-51(66)68-6)49(64)54-22-10-9-15-44-55-37-18-16-33(27-39(37)56-44)41-20-21-42(63(41)35-26-32(5)47(36(53)29-35)61-23-11-8-12-24-61)34-17-19-38-40(28-34)58-48(57-38)43-14-13-25-62(43)50(65)46(31(3)4)60-52(67)69-7/h16-19,26-31,41-46,55-56H,8-15,20-25H2,1-7H3,(H,54,64)(H,57,58)(H,59,66)(H,60,67)/t41-,42-,43+,44?,45?,46+/m1/s1. The average Bonchev–Trinajstić information content (AvgIpc) is 4.17. The molecule has 0 aliphatic carbocycles. The van der Waals surface area contributed by atoms with Crippen LogP contribution in [0.2, 0.25) is 0 Å². The maximum absolute atomic E-state index is 16.6. The van der Waals surface area contributed by atoms with Gasteiger partial charge in [-0.1, -0.05) is 39.8 Å². The Labute approximate surface area is 405 Å². The third kappa shape index (κ3) is 10.8. The summed E-state index contributed by atoms with van der Waals surface area (Å²) in [6.07, 6.45) is 7.81. The normalized spacial score (nSPS) is 20.9. The number of likely N-dealkylation sites (tertiary alicyclic amines) is 1. The molecule has 0 saturated carbocycles. The highest BCUT2D eigenvalue weighted by atomic mass is 19.1. The van der Waals surface area contributed by atoms with Crippen LogP contribution in [0.25, 0.3) is 11.0 Å². The quantitative estimate of drug-likeness (QED) is 0.0590. The van der Waals surface area contributed by atoms with E-state index in [0.717, 1.165) is 121 Å². The van der Waals surface area contributed by atoms with Crippen LogP contribution in [0, 0.1) is 24.6 Å². The Kier molecular flexibility index (Phi) is 15.4. The van der Waals surface area contributed by atoms with Crippen LogP contribution < -0.4 is 36.4 Å². The van der Waals surface area contributed by atoms with Crippen molar-refractivity contribution < 1.29 is 33.0 Å². The van der Waals surface area contributed by atoms with Crippen LogP contribution in [0.4, 0.5) is 36.7 Å². The molecule has 6 atom stereocenters. The van der Waals surface area contributed by atoms with Crippen LogP contribution in [0.1, 0.15) is 133 Å². The topological polar surface area (TPSA) is 185 Å². The maximum Gasteiger partial charge on any atom is 0.407 e. The van der Waals surface area contributed by atoms with Crippen LogP contribution >= 0.6 is 0 Å². The van der Waals surface area contributed by atoms with Gasteiger partial charge in [0.2, 0.25) is 11.8 Å². The van der Waals surface area contributed by atoms with Crippen LogP contribution in [0.5, 0.6) is 0 Å². The minimum atomic E-state index is -0.724. The van der Waals surface area contributed by atoms with Gasteiger partial charge in [0.05, 0.1) is 66.6 Å². The number of carbonyl (C=O) groups is 4. The molecule has 0 spiro atoms. The molecule has 69 heavy (non-hydrogen) atoms. The predicted octanol–water partition coefficient (Wildman–Crippen LogP) is 8.96. The van der Waals surface area contributed by atoms with Gasteiger partial charge in [0.15, 0.2) is 0 Å². The first-order valence-corrected chi connectivity index (χ1v) is 25.0. The molecule has 1 aromatic heterocycles.